The average molecular weight is 795 g/mol. The van der Waals surface area contributed by atoms with Crippen LogP contribution in [-0.2, 0) is 9.59 Å². The first-order valence-electron chi connectivity index (χ1n) is 19.5. The van der Waals surface area contributed by atoms with Crippen LogP contribution >= 0.6 is 11.6 Å². The van der Waals surface area contributed by atoms with Crippen molar-refractivity contribution in [2.75, 3.05) is 26.2 Å². The van der Waals surface area contributed by atoms with Crippen LogP contribution in [0.3, 0.4) is 0 Å². The first-order chi connectivity index (χ1) is 27.2. The van der Waals surface area contributed by atoms with Crippen LogP contribution in [0, 0.1) is 22.2 Å². The van der Waals surface area contributed by atoms with Crippen LogP contribution in [0.4, 0.5) is 0 Å². The summed E-state index contributed by atoms with van der Waals surface area (Å²) in [6.45, 7) is 11.6. The van der Waals surface area contributed by atoms with Gasteiger partial charge < -0.3 is 19.7 Å². The molecule has 5 amide bonds. The van der Waals surface area contributed by atoms with E-state index in [0.29, 0.717) is 40.2 Å². The molecule has 0 radical (unpaired) electrons. The summed E-state index contributed by atoms with van der Waals surface area (Å²) in [6, 6.07) is 14.6. The van der Waals surface area contributed by atoms with Gasteiger partial charge in [0.25, 0.3) is 17.7 Å². The largest absolute Gasteiger partial charge is 0.494 e. The van der Waals surface area contributed by atoms with E-state index in [1.54, 1.807) is 42.6 Å². The number of carbonyl (C=O) groups excluding carboxylic acids is 5. The van der Waals surface area contributed by atoms with Crippen LogP contribution in [0.2, 0.25) is 5.02 Å². The summed E-state index contributed by atoms with van der Waals surface area (Å²) in [5.41, 5.74) is 1.59. The molecule has 0 spiro atoms. The summed E-state index contributed by atoms with van der Waals surface area (Å²) < 4.78 is 12.3. The number of imide groups is 2. The third kappa shape index (κ3) is 7.85. The number of piperidine rings is 2. The Labute approximate surface area is 337 Å². The van der Waals surface area contributed by atoms with Gasteiger partial charge in [-0.05, 0) is 94.2 Å². The predicted octanol–water partition coefficient (Wildman–Crippen LogP) is 5.66. The molecule has 2 aromatic carbocycles. The fraction of sp³-hybridized carbons (Fsp3) is 0.465. The molecular formula is C43H47ClN6O7. The number of halogens is 1. The Balaban J connectivity index is 0.826. The van der Waals surface area contributed by atoms with Crippen molar-refractivity contribution in [3.8, 4) is 17.6 Å². The van der Waals surface area contributed by atoms with E-state index >= 15 is 0 Å². The maximum atomic E-state index is 13.4. The molecule has 13 nitrogen and oxygen atoms in total. The van der Waals surface area contributed by atoms with E-state index < -0.39 is 29.7 Å². The minimum Gasteiger partial charge on any atom is -0.494 e. The van der Waals surface area contributed by atoms with Gasteiger partial charge in [-0.1, -0.05) is 39.3 Å². The third-order valence-corrected chi connectivity index (χ3v) is 12.3. The maximum absolute atomic E-state index is 13.4. The molecule has 3 fully saturated rings. The number of amides is 5. The van der Waals surface area contributed by atoms with Crippen LogP contribution < -0.4 is 20.1 Å². The molecule has 2 N–H and O–H groups in total. The summed E-state index contributed by atoms with van der Waals surface area (Å²) in [7, 11) is 0. The van der Waals surface area contributed by atoms with Gasteiger partial charge in [0.15, 0.2) is 0 Å². The molecule has 1 atom stereocenters. The highest BCUT2D eigenvalue weighted by molar-refractivity contribution is 6.31. The van der Waals surface area contributed by atoms with E-state index in [0.717, 1.165) is 55.9 Å². The molecule has 1 unspecified atom stereocenters. The van der Waals surface area contributed by atoms with Crippen molar-refractivity contribution in [2.45, 2.75) is 90.3 Å². The highest BCUT2D eigenvalue weighted by atomic mass is 35.5. The van der Waals surface area contributed by atoms with Crippen molar-refractivity contribution < 1.29 is 33.4 Å². The SMILES string of the molecule is CC1(C)C(NC(=O)c2ccc(C3CCN(CCCCOc4ccc5c(c4)C(=O)N(C4CCC(=O)NC4=O)C5=O)CC3)nc2)C(C)(C)C1Oc1ccc(C#N)c(Cl)c1. The van der Waals surface area contributed by atoms with Crippen molar-refractivity contribution in [2.24, 2.45) is 10.8 Å². The molecule has 7 rings (SSSR count). The lowest BCUT2D eigenvalue weighted by atomic mass is 9.49. The molecule has 14 heteroatoms. The number of nitrogens with zero attached hydrogens (tertiary/aromatic N) is 4. The number of nitrogens with one attached hydrogen (secondary N) is 2. The Bertz CT molecular complexity index is 2120. The second kappa shape index (κ2) is 15.9. The molecule has 57 heavy (non-hydrogen) atoms. The Morgan fingerprint density at radius 3 is 2.33 bits per heavy atom. The first-order valence-corrected chi connectivity index (χ1v) is 19.9. The van der Waals surface area contributed by atoms with E-state index in [9.17, 15) is 29.2 Å². The van der Waals surface area contributed by atoms with Gasteiger partial charge in [0, 0.05) is 47.2 Å². The molecular weight excluding hydrogens is 748 g/mol. The van der Waals surface area contributed by atoms with E-state index in [2.05, 4.69) is 49.3 Å². The predicted molar refractivity (Wildman–Crippen MR) is 210 cm³/mol. The number of hydrogen-bond donors (Lipinski definition) is 2. The molecule has 298 valence electrons. The molecule has 4 heterocycles. The molecule has 1 saturated carbocycles. The normalized spacial score (nSPS) is 22.9. The number of unbranched alkanes of at least 4 members (excludes halogenated alkanes) is 1. The van der Waals surface area contributed by atoms with Gasteiger partial charge in [0.1, 0.15) is 29.7 Å². The van der Waals surface area contributed by atoms with Gasteiger partial charge in [0.2, 0.25) is 11.8 Å². The van der Waals surface area contributed by atoms with Gasteiger partial charge in [0.05, 0.1) is 33.9 Å². The fourth-order valence-corrected chi connectivity index (χ4v) is 9.42. The minimum absolute atomic E-state index is 0.0713. The van der Waals surface area contributed by atoms with Gasteiger partial charge in [-0.15, -0.1) is 0 Å². The zero-order valence-electron chi connectivity index (χ0n) is 32.6. The summed E-state index contributed by atoms with van der Waals surface area (Å²) >= 11 is 6.23. The van der Waals surface area contributed by atoms with Crippen LogP contribution in [0.25, 0.3) is 0 Å². The van der Waals surface area contributed by atoms with Crippen molar-refractivity contribution >= 4 is 41.1 Å². The Kier molecular flexibility index (Phi) is 11.1. The number of likely N-dealkylation sites (tertiary alicyclic amines) is 1. The molecule has 2 saturated heterocycles. The second-order valence-corrected chi connectivity index (χ2v) is 17.0. The Morgan fingerprint density at radius 1 is 0.947 bits per heavy atom. The molecule has 3 aromatic rings. The Hall–Kier alpha value is -5.32. The number of ether oxygens (including phenoxy) is 2. The number of carbonyl (C=O) groups is 5. The standard InChI is InChI=1S/C43H47ClN6O7/c1-42(2)40(43(3,4)41(42)57-29-9-7-26(23-45)32(44)22-29)48-36(52)27-8-12-33(46-24-27)25-15-18-49(19-16-25)17-5-6-20-56-28-10-11-30-31(21-28)39(55)50(38(30)54)34-13-14-35(51)47-37(34)53/h7-12,21-22,24-25,34,40-41H,5-6,13-20H2,1-4H3,(H,48,52)(H,47,51,53). The number of fused-ring (bicyclic) bond motifs is 1. The smallest absolute Gasteiger partial charge is 0.262 e. The molecule has 1 aliphatic carbocycles. The monoisotopic (exact) mass is 794 g/mol. The lowest BCUT2D eigenvalue weighted by Gasteiger charge is -2.63. The zero-order valence-corrected chi connectivity index (χ0v) is 33.4. The summed E-state index contributed by atoms with van der Waals surface area (Å²) in [5.74, 6) is -0.921. The number of benzene rings is 2. The number of nitriles is 1. The molecule has 1 aromatic heterocycles. The van der Waals surface area contributed by atoms with Crippen molar-refractivity contribution in [1.82, 2.24) is 25.4 Å². The zero-order chi connectivity index (χ0) is 40.6. The first kappa shape index (κ1) is 39.9. The van der Waals surface area contributed by atoms with E-state index in [4.69, 9.17) is 26.1 Å². The van der Waals surface area contributed by atoms with Gasteiger partial charge in [-0.2, -0.15) is 5.26 Å². The van der Waals surface area contributed by atoms with E-state index in [1.165, 1.54) is 0 Å². The van der Waals surface area contributed by atoms with E-state index in [1.807, 2.05) is 12.1 Å². The van der Waals surface area contributed by atoms with Gasteiger partial charge in [-0.25, -0.2) is 0 Å². The Morgan fingerprint density at radius 2 is 1.67 bits per heavy atom. The highest BCUT2D eigenvalue weighted by Gasteiger charge is 2.64. The second-order valence-electron chi connectivity index (χ2n) is 16.6. The molecule has 0 bridgehead atoms. The lowest BCUT2D eigenvalue weighted by Crippen LogP contribution is -2.74. The summed E-state index contributed by atoms with van der Waals surface area (Å²) in [5, 5.41) is 15.0. The highest BCUT2D eigenvalue weighted by Crippen LogP contribution is 2.55. The van der Waals surface area contributed by atoms with Crippen molar-refractivity contribution in [3.63, 3.8) is 0 Å². The minimum atomic E-state index is -1.00. The van der Waals surface area contributed by atoms with E-state index in [-0.39, 0.29) is 52.9 Å². The van der Waals surface area contributed by atoms with Crippen LogP contribution in [0.1, 0.15) is 114 Å². The van der Waals surface area contributed by atoms with Crippen molar-refractivity contribution in [3.05, 3.63) is 87.7 Å². The maximum Gasteiger partial charge on any atom is 0.262 e. The summed E-state index contributed by atoms with van der Waals surface area (Å²) in [4.78, 5) is 71.4. The topological polar surface area (TPSA) is 171 Å². The third-order valence-electron chi connectivity index (χ3n) is 12.0. The number of rotatable bonds is 12. The number of pyridine rings is 1. The molecule has 4 aliphatic rings. The van der Waals surface area contributed by atoms with Gasteiger partial charge >= 0.3 is 0 Å². The van der Waals surface area contributed by atoms with Crippen molar-refractivity contribution in [1.29, 1.82) is 5.26 Å². The van der Waals surface area contributed by atoms with Crippen LogP contribution in [0.5, 0.6) is 11.5 Å². The van der Waals surface area contributed by atoms with Crippen LogP contribution in [-0.4, -0.2) is 88.7 Å². The summed E-state index contributed by atoms with van der Waals surface area (Å²) in [6.07, 6.45) is 5.36. The average Bonchev–Trinajstić information content (AvgIpc) is 3.43. The number of aromatic nitrogens is 1. The fourth-order valence-electron chi connectivity index (χ4n) is 9.21. The van der Waals surface area contributed by atoms with Crippen LogP contribution in [0.15, 0.2) is 54.7 Å². The van der Waals surface area contributed by atoms with Gasteiger partial charge in [-0.3, -0.25) is 39.2 Å². The number of hydrogen-bond acceptors (Lipinski definition) is 10. The lowest BCUT2D eigenvalue weighted by molar-refractivity contribution is -0.164. The molecule has 3 aliphatic heterocycles. The quantitative estimate of drug-likeness (QED) is 0.172.